The topological polar surface area (TPSA) is 130 Å². The predicted octanol–water partition coefficient (Wildman–Crippen LogP) is 7.75. The van der Waals surface area contributed by atoms with Crippen molar-refractivity contribution in [2.24, 2.45) is 0 Å². The van der Waals surface area contributed by atoms with E-state index in [9.17, 15) is 32.9 Å². The number of hydrogen-bond acceptors (Lipinski definition) is 9. The van der Waals surface area contributed by atoms with Gasteiger partial charge in [-0.05, 0) is 53.4 Å². The highest BCUT2D eigenvalue weighted by molar-refractivity contribution is 8.04. The number of nitrogens with one attached hydrogen (secondary N) is 2. The molecule has 0 fully saturated rings. The summed E-state index contributed by atoms with van der Waals surface area (Å²) in [6.45, 7) is 11.3. The Labute approximate surface area is 266 Å². The Morgan fingerprint density at radius 3 is 2.16 bits per heavy atom. The van der Waals surface area contributed by atoms with Gasteiger partial charge in [0.25, 0.3) is 0 Å². The average Bonchev–Trinajstić information content (AvgIpc) is 3.47. The molecule has 2 aromatic carbocycles. The summed E-state index contributed by atoms with van der Waals surface area (Å²) < 4.78 is 43.4. The summed E-state index contributed by atoms with van der Waals surface area (Å²) in [5, 5.41) is 15.9. The molecule has 4 amide bonds. The standard InChI is InChI=1S/C14H14N4O4S2.C11H11F3N2OS.C2H6/c1-9(23-14-16-8-12(24-14)18(20)21)17(13(19)15-2)10-6-4-5-7-11(10)22-3;1-7(18)16(10(17)15-2)9-5-3-4-8(6-9)11(12,13)14;1-2/h4-8H,1H2,2-3H3,(H,15,19);3-6,18H,1H2,2H3,(H,15,17);1-2H3. The maximum absolute atomic E-state index is 12.6. The van der Waals surface area contributed by atoms with Gasteiger partial charge in [0.15, 0.2) is 4.34 Å². The Morgan fingerprint density at radius 2 is 1.66 bits per heavy atom. The van der Waals surface area contributed by atoms with Crippen LogP contribution in [0.25, 0.3) is 0 Å². The number of urea groups is 2. The molecule has 44 heavy (non-hydrogen) atoms. The Hall–Kier alpha value is -4.22. The number of halogens is 3. The molecule has 0 radical (unpaired) electrons. The monoisotopic (exact) mass is 672 g/mol. The van der Waals surface area contributed by atoms with Crippen molar-refractivity contribution in [3.05, 3.63) is 93.6 Å². The van der Waals surface area contributed by atoms with Gasteiger partial charge in [-0.1, -0.05) is 45.2 Å². The number of anilines is 2. The van der Waals surface area contributed by atoms with Crippen molar-refractivity contribution in [3.8, 4) is 5.75 Å². The van der Waals surface area contributed by atoms with Gasteiger partial charge in [0.05, 0.1) is 39.0 Å². The van der Waals surface area contributed by atoms with Crippen LogP contribution in [0.5, 0.6) is 5.75 Å². The zero-order valence-corrected chi connectivity index (χ0v) is 26.9. The number of thioether (sulfide) groups is 1. The molecule has 3 rings (SSSR count). The Morgan fingerprint density at radius 1 is 1.07 bits per heavy atom. The minimum absolute atomic E-state index is 0.0219. The minimum atomic E-state index is -4.47. The van der Waals surface area contributed by atoms with E-state index in [1.54, 1.807) is 24.3 Å². The molecule has 0 saturated carbocycles. The summed E-state index contributed by atoms with van der Waals surface area (Å²) >= 11 is 5.87. The van der Waals surface area contributed by atoms with Crippen molar-refractivity contribution in [3.63, 3.8) is 0 Å². The Balaban J connectivity index is 0.000000433. The van der Waals surface area contributed by atoms with Crippen LogP contribution in [0.1, 0.15) is 19.4 Å². The second-order valence-corrected chi connectivity index (χ2v) is 10.5. The van der Waals surface area contributed by atoms with E-state index in [-0.39, 0.29) is 15.7 Å². The van der Waals surface area contributed by atoms with Gasteiger partial charge in [-0.15, -0.1) is 12.6 Å². The number of aromatic nitrogens is 1. The highest BCUT2D eigenvalue weighted by Gasteiger charge is 2.31. The van der Waals surface area contributed by atoms with E-state index in [2.05, 4.69) is 41.4 Å². The molecule has 0 bridgehead atoms. The van der Waals surface area contributed by atoms with Crippen molar-refractivity contribution in [1.29, 1.82) is 0 Å². The van der Waals surface area contributed by atoms with Crippen molar-refractivity contribution < 1.29 is 32.4 Å². The molecular formula is C27H31F3N6O5S3. The number of methoxy groups -OCH3 is 1. The van der Waals surface area contributed by atoms with Crippen LogP contribution in [0.15, 0.2) is 82.3 Å². The van der Waals surface area contributed by atoms with E-state index < -0.39 is 28.7 Å². The molecule has 17 heteroatoms. The van der Waals surface area contributed by atoms with Crippen LogP contribution in [0.4, 0.5) is 39.1 Å². The maximum atomic E-state index is 12.6. The number of hydrogen-bond donors (Lipinski definition) is 3. The van der Waals surface area contributed by atoms with Crippen LogP contribution in [0, 0.1) is 10.1 Å². The van der Waals surface area contributed by atoms with Gasteiger partial charge in [0, 0.05) is 14.1 Å². The number of alkyl halides is 3. The van der Waals surface area contributed by atoms with Gasteiger partial charge in [0.2, 0.25) is 0 Å². The highest BCUT2D eigenvalue weighted by atomic mass is 32.2. The zero-order valence-electron chi connectivity index (χ0n) is 24.3. The SMILES string of the molecule is C=C(S)N(C(=O)NC)c1cccc(C(F)(F)F)c1.C=C(Sc1ncc([N+](=O)[O-])s1)N(C(=O)NC)c1ccccc1OC.CC. The van der Waals surface area contributed by atoms with Crippen LogP contribution < -0.4 is 25.2 Å². The summed E-state index contributed by atoms with van der Waals surface area (Å²) in [5.74, 6) is 0.493. The minimum Gasteiger partial charge on any atom is -0.495 e. The van der Waals surface area contributed by atoms with Crippen LogP contribution in [0.3, 0.4) is 0 Å². The Kier molecular flexibility index (Phi) is 15.3. The molecule has 0 aliphatic carbocycles. The lowest BCUT2D eigenvalue weighted by atomic mass is 10.2. The first kappa shape index (κ1) is 37.8. The zero-order chi connectivity index (χ0) is 33.6. The van der Waals surface area contributed by atoms with Gasteiger partial charge < -0.3 is 15.4 Å². The number of nitrogens with zero attached hydrogens (tertiary/aromatic N) is 4. The molecule has 0 saturated heterocycles. The summed E-state index contributed by atoms with van der Waals surface area (Å²) in [5.41, 5.74) is -0.296. The molecule has 0 spiro atoms. The van der Waals surface area contributed by atoms with Gasteiger partial charge >= 0.3 is 23.2 Å². The largest absolute Gasteiger partial charge is 0.495 e. The van der Waals surface area contributed by atoms with Crippen molar-refractivity contribution >= 4 is 64.2 Å². The van der Waals surface area contributed by atoms with E-state index >= 15 is 0 Å². The number of carbonyl (C=O) groups excluding carboxylic acids is 2. The second-order valence-electron chi connectivity index (χ2n) is 7.63. The Bertz CT molecular complexity index is 1470. The molecular weight excluding hydrogens is 642 g/mol. The molecule has 1 aromatic heterocycles. The van der Waals surface area contributed by atoms with E-state index in [0.717, 1.165) is 40.1 Å². The molecule has 0 aliphatic heterocycles. The molecule has 0 aliphatic rings. The summed E-state index contributed by atoms with van der Waals surface area (Å²) in [7, 11) is 4.36. The number of carbonyl (C=O) groups is 2. The molecule has 1 heterocycles. The van der Waals surface area contributed by atoms with Crippen LogP contribution in [0.2, 0.25) is 0 Å². The fourth-order valence-electron chi connectivity index (χ4n) is 3.13. The molecule has 3 aromatic rings. The molecule has 238 valence electrons. The lowest BCUT2D eigenvalue weighted by Gasteiger charge is -2.24. The first-order chi connectivity index (χ1) is 20.7. The van der Waals surface area contributed by atoms with Crippen molar-refractivity contribution in [2.45, 2.75) is 24.4 Å². The van der Waals surface area contributed by atoms with E-state index in [4.69, 9.17) is 4.74 Å². The molecule has 0 unspecified atom stereocenters. The number of thiazole rings is 1. The third-order valence-electron chi connectivity index (χ3n) is 4.96. The fraction of sp³-hybridized carbons (Fsp3) is 0.222. The van der Waals surface area contributed by atoms with Gasteiger partial charge in [-0.2, -0.15) is 13.2 Å². The van der Waals surface area contributed by atoms with Crippen molar-refractivity contribution in [2.75, 3.05) is 31.0 Å². The highest BCUT2D eigenvalue weighted by Crippen LogP contribution is 2.39. The number of benzene rings is 2. The molecule has 0 atom stereocenters. The quantitative estimate of drug-likeness (QED) is 0.0966. The van der Waals surface area contributed by atoms with Crippen LogP contribution in [-0.4, -0.2) is 43.2 Å². The lowest BCUT2D eigenvalue weighted by Crippen LogP contribution is -2.36. The third-order valence-corrected chi connectivity index (χ3v) is 7.10. The first-order valence-electron chi connectivity index (χ1n) is 12.4. The van der Waals surface area contributed by atoms with Gasteiger partial charge in [-0.3, -0.25) is 19.9 Å². The molecule has 11 nitrogen and oxygen atoms in total. The van der Waals surface area contributed by atoms with Gasteiger partial charge in [0.1, 0.15) is 11.9 Å². The normalized spacial score (nSPS) is 10.1. The smallest absolute Gasteiger partial charge is 0.416 e. The van der Waals surface area contributed by atoms with E-state index in [0.29, 0.717) is 20.8 Å². The lowest BCUT2D eigenvalue weighted by molar-refractivity contribution is -0.380. The van der Waals surface area contributed by atoms with Crippen LogP contribution in [-0.2, 0) is 6.18 Å². The van der Waals surface area contributed by atoms with E-state index in [1.165, 1.54) is 44.4 Å². The third kappa shape index (κ3) is 10.5. The second kappa shape index (κ2) is 17.8. The van der Waals surface area contributed by atoms with Crippen molar-refractivity contribution in [1.82, 2.24) is 15.6 Å². The number of para-hydroxylation sites is 2. The first-order valence-corrected chi connectivity index (χ1v) is 14.5. The maximum Gasteiger partial charge on any atom is 0.416 e. The van der Waals surface area contributed by atoms with Gasteiger partial charge in [-0.25, -0.2) is 14.6 Å². The van der Waals surface area contributed by atoms with Crippen LogP contribution >= 0.6 is 35.7 Å². The molecule has 2 N–H and O–H groups in total. The fourth-order valence-corrected chi connectivity index (χ4v) is 5.09. The summed E-state index contributed by atoms with van der Waals surface area (Å²) in [6.07, 6.45) is -3.30. The number of rotatable bonds is 8. The number of amides is 4. The number of nitro groups is 1. The summed E-state index contributed by atoms with van der Waals surface area (Å²) in [6, 6.07) is 10.3. The predicted molar refractivity (Wildman–Crippen MR) is 172 cm³/mol. The number of ether oxygens (including phenoxy) is 1. The summed E-state index contributed by atoms with van der Waals surface area (Å²) in [4.78, 5) is 40.3. The van der Waals surface area contributed by atoms with E-state index in [1.807, 2.05) is 13.8 Å². The number of thiol groups is 1. The average molecular weight is 673 g/mol.